The first-order chi connectivity index (χ1) is 12.2. The highest BCUT2D eigenvalue weighted by atomic mass is 16.2. The average Bonchev–Trinajstić information content (AvgIpc) is 3.15. The van der Waals surface area contributed by atoms with Gasteiger partial charge in [0.1, 0.15) is 0 Å². The van der Waals surface area contributed by atoms with Gasteiger partial charge in [0.2, 0.25) is 11.8 Å². The Morgan fingerprint density at radius 1 is 1.24 bits per heavy atom. The molecule has 2 heterocycles. The molecule has 2 fully saturated rings. The molecule has 0 aromatic heterocycles. The largest absolute Gasteiger partial charge is 0.356 e. The van der Waals surface area contributed by atoms with Crippen LogP contribution in [0.4, 0.5) is 5.69 Å². The van der Waals surface area contributed by atoms with Crippen LogP contribution in [0.2, 0.25) is 0 Å². The number of carbonyl (C=O) groups is 2. The van der Waals surface area contributed by atoms with Crippen molar-refractivity contribution >= 4 is 17.5 Å². The Labute approximate surface area is 149 Å². The van der Waals surface area contributed by atoms with Crippen LogP contribution in [0.5, 0.6) is 0 Å². The third kappa shape index (κ3) is 3.30. The van der Waals surface area contributed by atoms with E-state index in [0.29, 0.717) is 19.4 Å². The number of benzene rings is 1. The fourth-order valence-corrected chi connectivity index (χ4v) is 4.50. The molecule has 1 aromatic carbocycles. The highest BCUT2D eigenvalue weighted by Crippen LogP contribution is 2.58. The Kier molecular flexibility index (Phi) is 4.50. The van der Waals surface area contributed by atoms with Crippen LogP contribution in [0, 0.1) is 11.3 Å². The quantitative estimate of drug-likeness (QED) is 0.804. The molecule has 2 amide bonds. The number of anilines is 1. The molecule has 3 aliphatic rings. The van der Waals surface area contributed by atoms with E-state index in [9.17, 15) is 9.59 Å². The van der Waals surface area contributed by atoms with Gasteiger partial charge in [-0.05, 0) is 62.2 Å². The van der Waals surface area contributed by atoms with Crippen LogP contribution in [0.15, 0.2) is 24.3 Å². The number of carbonyl (C=O) groups excluding carboxylic acids is 2. The second kappa shape index (κ2) is 6.79. The molecule has 5 nitrogen and oxygen atoms in total. The van der Waals surface area contributed by atoms with E-state index >= 15 is 0 Å². The van der Waals surface area contributed by atoms with Gasteiger partial charge in [-0.1, -0.05) is 18.2 Å². The normalized spacial score (nSPS) is 23.4. The Morgan fingerprint density at radius 2 is 2.04 bits per heavy atom. The van der Waals surface area contributed by atoms with Crippen molar-refractivity contribution in [3.8, 4) is 0 Å². The third-order valence-corrected chi connectivity index (χ3v) is 6.16. The molecule has 1 unspecified atom stereocenters. The van der Waals surface area contributed by atoms with E-state index in [1.807, 2.05) is 23.1 Å². The number of rotatable bonds is 5. The smallest absolute Gasteiger partial charge is 0.227 e. The highest BCUT2D eigenvalue weighted by Gasteiger charge is 2.57. The van der Waals surface area contributed by atoms with E-state index in [1.54, 1.807) is 0 Å². The van der Waals surface area contributed by atoms with Crippen molar-refractivity contribution < 1.29 is 9.59 Å². The maximum atomic E-state index is 12.4. The number of nitrogens with zero attached hydrogens (tertiary/aromatic N) is 1. The summed E-state index contributed by atoms with van der Waals surface area (Å²) in [4.78, 5) is 26.7. The van der Waals surface area contributed by atoms with Gasteiger partial charge in [-0.2, -0.15) is 0 Å². The Bertz CT molecular complexity index is 667. The summed E-state index contributed by atoms with van der Waals surface area (Å²) in [5, 5.41) is 6.42. The van der Waals surface area contributed by atoms with Crippen LogP contribution >= 0.6 is 0 Å². The first-order valence-corrected chi connectivity index (χ1v) is 9.56. The number of hydrogen-bond donors (Lipinski definition) is 2. The molecule has 1 aromatic rings. The molecule has 5 heteroatoms. The predicted molar refractivity (Wildman–Crippen MR) is 97.4 cm³/mol. The van der Waals surface area contributed by atoms with Gasteiger partial charge in [-0.3, -0.25) is 9.59 Å². The summed E-state index contributed by atoms with van der Waals surface area (Å²) in [7, 11) is 0. The van der Waals surface area contributed by atoms with Crippen molar-refractivity contribution in [3.05, 3.63) is 29.8 Å². The maximum absolute atomic E-state index is 12.4. The number of amides is 2. The van der Waals surface area contributed by atoms with Gasteiger partial charge in [-0.15, -0.1) is 0 Å². The molecule has 1 saturated heterocycles. The summed E-state index contributed by atoms with van der Waals surface area (Å²) in [6.45, 7) is 3.46. The summed E-state index contributed by atoms with van der Waals surface area (Å²) >= 11 is 0. The average molecular weight is 341 g/mol. The second-order valence-electron chi connectivity index (χ2n) is 7.69. The lowest BCUT2D eigenvalue weighted by Gasteiger charge is -2.23. The topological polar surface area (TPSA) is 61.4 Å². The summed E-state index contributed by atoms with van der Waals surface area (Å²) in [5.74, 6) is 0.567. The van der Waals surface area contributed by atoms with Crippen LogP contribution in [0.1, 0.15) is 37.7 Å². The van der Waals surface area contributed by atoms with Gasteiger partial charge >= 0.3 is 0 Å². The molecule has 1 atom stereocenters. The fraction of sp³-hybridized carbons (Fsp3) is 0.600. The van der Waals surface area contributed by atoms with E-state index in [4.69, 9.17) is 0 Å². The van der Waals surface area contributed by atoms with Crippen molar-refractivity contribution in [1.29, 1.82) is 0 Å². The zero-order chi connectivity index (χ0) is 17.3. The van der Waals surface area contributed by atoms with E-state index in [0.717, 1.165) is 51.0 Å². The monoisotopic (exact) mass is 341 g/mol. The number of hydrogen-bond acceptors (Lipinski definition) is 3. The summed E-state index contributed by atoms with van der Waals surface area (Å²) in [6, 6.07) is 8.12. The zero-order valence-electron chi connectivity index (χ0n) is 14.7. The van der Waals surface area contributed by atoms with Gasteiger partial charge in [0.15, 0.2) is 0 Å². The number of para-hydroxylation sites is 1. The molecule has 134 valence electrons. The van der Waals surface area contributed by atoms with E-state index in [2.05, 4.69) is 16.7 Å². The zero-order valence-corrected chi connectivity index (χ0v) is 14.7. The molecule has 4 rings (SSSR count). The molecular formula is C20H27N3O2. The molecule has 2 aliphatic heterocycles. The van der Waals surface area contributed by atoms with Gasteiger partial charge in [0, 0.05) is 31.1 Å². The van der Waals surface area contributed by atoms with Gasteiger partial charge in [0.05, 0.1) is 0 Å². The minimum absolute atomic E-state index is 0.167. The van der Waals surface area contributed by atoms with Crippen molar-refractivity contribution in [3.63, 3.8) is 0 Å². The minimum atomic E-state index is 0.167. The standard InChI is InChI=1S/C20H27N3O2/c24-18(23-13-7-15-4-1-2-5-17(15)23)6-3-10-22-19(25)16-14-20(16)8-11-21-12-9-20/h1-2,4-5,16,21H,3,6-14H2,(H,22,25). The summed E-state index contributed by atoms with van der Waals surface area (Å²) < 4.78 is 0. The Hall–Kier alpha value is -1.88. The van der Waals surface area contributed by atoms with Crippen LogP contribution in [0.25, 0.3) is 0 Å². The van der Waals surface area contributed by atoms with E-state index in [1.165, 1.54) is 5.56 Å². The SMILES string of the molecule is O=C(NCCCC(=O)N1CCc2ccccc21)C1CC12CCNCC2. The Balaban J connectivity index is 1.19. The lowest BCUT2D eigenvalue weighted by Crippen LogP contribution is -2.34. The van der Waals surface area contributed by atoms with E-state index < -0.39 is 0 Å². The highest BCUT2D eigenvalue weighted by molar-refractivity contribution is 5.95. The lowest BCUT2D eigenvalue weighted by molar-refractivity contribution is -0.123. The summed E-state index contributed by atoms with van der Waals surface area (Å²) in [6.07, 6.45) is 5.44. The molecule has 0 radical (unpaired) electrons. The maximum Gasteiger partial charge on any atom is 0.227 e. The van der Waals surface area contributed by atoms with Crippen LogP contribution in [0.3, 0.4) is 0 Å². The molecule has 1 saturated carbocycles. The lowest BCUT2D eigenvalue weighted by atomic mass is 9.92. The minimum Gasteiger partial charge on any atom is -0.356 e. The first-order valence-electron chi connectivity index (χ1n) is 9.56. The third-order valence-electron chi connectivity index (χ3n) is 6.16. The summed E-state index contributed by atoms with van der Waals surface area (Å²) in [5.41, 5.74) is 2.59. The van der Waals surface area contributed by atoms with Gasteiger partial charge < -0.3 is 15.5 Å². The second-order valence-corrected chi connectivity index (χ2v) is 7.69. The predicted octanol–water partition coefficient (Wildman–Crippen LogP) is 1.86. The molecule has 1 aliphatic carbocycles. The molecule has 25 heavy (non-hydrogen) atoms. The fourth-order valence-electron chi connectivity index (χ4n) is 4.50. The van der Waals surface area contributed by atoms with Crippen molar-refractivity contribution in [2.45, 2.75) is 38.5 Å². The molecular weight excluding hydrogens is 314 g/mol. The number of fused-ring (bicyclic) bond motifs is 1. The van der Waals surface area contributed by atoms with Crippen LogP contribution in [-0.4, -0.2) is 38.0 Å². The van der Waals surface area contributed by atoms with Gasteiger partial charge in [0.25, 0.3) is 0 Å². The van der Waals surface area contributed by atoms with Gasteiger partial charge in [-0.25, -0.2) is 0 Å². The van der Waals surface area contributed by atoms with Crippen LogP contribution in [-0.2, 0) is 16.0 Å². The first kappa shape index (κ1) is 16.6. The van der Waals surface area contributed by atoms with E-state index in [-0.39, 0.29) is 23.1 Å². The van der Waals surface area contributed by atoms with Crippen molar-refractivity contribution in [2.24, 2.45) is 11.3 Å². The molecule has 2 N–H and O–H groups in total. The number of piperidine rings is 1. The number of nitrogens with one attached hydrogen (secondary N) is 2. The van der Waals surface area contributed by atoms with Crippen LogP contribution < -0.4 is 15.5 Å². The molecule has 1 spiro atoms. The van der Waals surface area contributed by atoms with Crippen molar-refractivity contribution in [1.82, 2.24) is 10.6 Å². The Morgan fingerprint density at radius 3 is 2.88 bits per heavy atom. The molecule has 0 bridgehead atoms. The van der Waals surface area contributed by atoms with Crippen molar-refractivity contribution in [2.75, 3.05) is 31.1 Å².